The minimum Gasteiger partial charge on any atom is -0.480 e. The Morgan fingerprint density at radius 3 is 2.32 bits per heavy atom. The monoisotopic (exact) mass is 272 g/mol. The zero-order valence-electron chi connectivity index (χ0n) is 11.9. The molecule has 3 atom stereocenters. The van der Waals surface area contributed by atoms with Crippen molar-refractivity contribution in [1.82, 2.24) is 9.80 Å². The van der Waals surface area contributed by atoms with Gasteiger partial charge >= 0.3 is 12.0 Å². The average molecular weight is 272 g/mol. The fourth-order valence-corrected chi connectivity index (χ4v) is 2.68. The summed E-state index contributed by atoms with van der Waals surface area (Å²) in [6.45, 7) is 1.73. The van der Waals surface area contributed by atoms with E-state index in [-0.39, 0.29) is 12.1 Å². The molecule has 6 heteroatoms. The maximum atomic E-state index is 12.3. The number of rotatable bonds is 4. The van der Waals surface area contributed by atoms with Gasteiger partial charge in [0.2, 0.25) is 0 Å². The van der Waals surface area contributed by atoms with Crippen LogP contribution in [-0.2, 0) is 4.79 Å². The van der Waals surface area contributed by atoms with E-state index in [1.807, 2.05) is 0 Å². The lowest BCUT2D eigenvalue weighted by molar-refractivity contribution is -0.142. The van der Waals surface area contributed by atoms with E-state index in [0.29, 0.717) is 12.8 Å². The van der Waals surface area contributed by atoms with Crippen LogP contribution in [0.5, 0.6) is 0 Å². The first-order valence-electron chi connectivity index (χ1n) is 6.80. The summed E-state index contributed by atoms with van der Waals surface area (Å²) in [5, 5.41) is 19.0. The van der Waals surface area contributed by atoms with Crippen molar-refractivity contribution in [3.8, 4) is 0 Å². The van der Waals surface area contributed by atoms with Crippen molar-refractivity contribution in [2.75, 3.05) is 14.1 Å². The molecule has 6 nitrogen and oxygen atoms in total. The average Bonchev–Trinajstić information content (AvgIpc) is 2.37. The van der Waals surface area contributed by atoms with Crippen LogP contribution < -0.4 is 0 Å². The Bertz CT molecular complexity index is 335. The number of carbonyl (C=O) groups is 2. The van der Waals surface area contributed by atoms with Gasteiger partial charge in [-0.1, -0.05) is 19.8 Å². The molecule has 1 fully saturated rings. The van der Waals surface area contributed by atoms with Crippen molar-refractivity contribution in [1.29, 1.82) is 0 Å². The number of carbonyl (C=O) groups excluding carboxylic acids is 1. The highest BCUT2D eigenvalue weighted by atomic mass is 16.4. The second-order valence-electron chi connectivity index (χ2n) is 5.19. The SMILES string of the molecule is CCC(C(=O)O)N(C)C(=O)N(C)C1CCCCC1O. The van der Waals surface area contributed by atoms with Gasteiger partial charge in [-0.05, 0) is 19.3 Å². The van der Waals surface area contributed by atoms with Gasteiger partial charge in [-0.2, -0.15) is 0 Å². The van der Waals surface area contributed by atoms with Gasteiger partial charge in [-0.3, -0.25) is 0 Å². The lowest BCUT2D eigenvalue weighted by atomic mass is 9.92. The van der Waals surface area contributed by atoms with Gasteiger partial charge in [0.05, 0.1) is 12.1 Å². The summed E-state index contributed by atoms with van der Waals surface area (Å²) in [5.74, 6) is -1.00. The highest BCUT2D eigenvalue weighted by Crippen LogP contribution is 2.23. The third-order valence-electron chi connectivity index (χ3n) is 3.93. The fourth-order valence-electron chi connectivity index (χ4n) is 2.68. The van der Waals surface area contributed by atoms with E-state index < -0.39 is 18.1 Å². The number of aliphatic hydroxyl groups excluding tert-OH is 1. The van der Waals surface area contributed by atoms with Crippen molar-refractivity contribution in [2.45, 2.75) is 57.2 Å². The number of carboxylic acids is 1. The Balaban J connectivity index is 2.72. The quantitative estimate of drug-likeness (QED) is 0.804. The molecule has 0 aliphatic heterocycles. The van der Waals surface area contributed by atoms with E-state index in [9.17, 15) is 14.7 Å². The Morgan fingerprint density at radius 1 is 1.26 bits per heavy atom. The molecule has 0 radical (unpaired) electrons. The van der Waals surface area contributed by atoms with E-state index in [2.05, 4.69) is 0 Å². The molecular weight excluding hydrogens is 248 g/mol. The van der Waals surface area contributed by atoms with Gasteiger partial charge in [-0.15, -0.1) is 0 Å². The summed E-state index contributed by atoms with van der Waals surface area (Å²) >= 11 is 0. The molecule has 0 aromatic rings. The highest BCUT2D eigenvalue weighted by Gasteiger charge is 2.33. The normalized spacial score (nSPS) is 24.6. The third-order valence-corrected chi connectivity index (χ3v) is 3.93. The molecule has 1 saturated carbocycles. The second-order valence-corrected chi connectivity index (χ2v) is 5.19. The fraction of sp³-hybridized carbons (Fsp3) is 0.846. The van der Waals surface area contributed by atoms with E-state index in [0.717, 1.165) is 19.3 Å². The summed E-state index contributed by atoms with van der Waals surface area (Å²) in [6.07, 6.45) is 3.27. The van der Waals surface area contributed by atoms with Crippen molar-refractivity contribution < 1.29 is 19.8 Å². The summed E-state index contributed by atoms with van der Waals surface area (Å²) in [7, 11) is 3.13. The van der Waals surface area contributed by atoms with Crippen LogP contribution in [-0.4, -0.2) is 64.3 Å². The predicted molar refractivity (Wildman–Crippen MR) is 70.9 cm³/mol. The number of amides is 2. The molecule has 0 aromatic carbocycles. The molecule has 2 amide bonds. The number of likely N-dealkylation sites (N-methyl/N-ethyl adjacent to an activating group) is 2. The molecule has 19 heavy (non-hydrogen) atoms. The van der Waals surface area contributed by atoms with Gasteiger partial charge in [0.15, 0.2) is 0 Å². The van der Waals surface area contributed by atoms with Crippen LogP contribution in [0.2, 0.25) is 0 Å². The van der Waals surface area contributed by atoms with Crippen LogP contribution in [0.3, 0.4) is 0 Å². The van der Waals surface area contributed by atoms with Crippen LogP contribution in [0.4, 0.5) is 4.79 Å². The first-order valence-corrected chi connectivity index (χ1v) is 6.80. The lowest BCUT2D eigenvalue weighted by Gasteiger charge is -2.38. The van der Waals surface area contributed by atoms with Gasteiger partial charge in [0, 0.05) is 14.1 Å². The second kappa shape index (κ2) is 6.75. The third kappa shape index (κ3) is 3.59. The molecule has 2 N–H and O–H groups in total. The van der Waals surface area contributed by atoms with Crippen molar-refractivity contribution in [2.24, 2.45) is 0 Å². The standard InChI is InChI=1S/C13H24N2O4/c1-4-9(12(17)18)14(2)13(19)15(3)10-7-5-6-8-11(10)16/h9-11,16H,4-8H2,1-3H3,(H,17,18). The van der Waals surface area contributed by atoms with E-state index in [1.165, 1.54) is 16.8 Å². The highest BCUT2D eigenvalue weighted by molar-refractivity contribution is 5.82. The van der Waals surface area contributed by atoms with Gasteiger partial charge in [0.25, 0.3) is 0 Å². The molecule has 1 aliphatic carbocycles. The van der Waals surface area contributed by atoms with E-state index in [1.54, 1.807) is 14.0 Å². The summed E-state index contributed by atoms with van der Waals surface area (Å²) in [4.78, 5) is 26.1. The number of aliphatic hydroxyl groups is 1. The number of hydrogen-bond acceptors (Lipinski definition) is 3. The summed E-state index contributed by atoms with van der Waals surface area (Å²) in [5.41, 5.74) is 0. The first-order chi connectivity index (χ1) is 8.90. The number of urea groups is 1. The summed E-state index contributed by atoms with van der Waals surface area (Å²) in [6, 6.07) is -1.38. The molecule has 0 heterocycles. The number of hydrogen-bond donors (Lipinski definition) is 2. The Kier molecular flexibility index (Phi) is 5.60. The number of aliphatic carboxylic acids is 1. The molecule has 0 aromatic heterocycles. The molecule has 0 spiro atoms. The van der Waals surface area contributed by atoms with Crippen LogP contribution in [0.15, 0.2) is 0 Å². The topological polar surface area (TPSA) is 81.1 Å². The first kappa shape index (κ1) is 15.8. The van der Waals surface area contributed by atoms with E-state index in [4.69, 9.17) is 5.11 Å². The maximum absolute atomic E-state index is 12.3. The van der Waals surface area contributed by atoms with Gasteiger partial charge < -0.3 is 20.0 Å². The number of nitrogens with zero attached hydrogens (tertiary/aromatic N) is 2. The number of carboxylic acid groups (broad SMARTS) is 1. The Morgan fingerprint density at radius 2 is 1.84 bits per heavy atom. The molecule has 3 unspecified atom stereocenters. The molecule has 110 valence electrons. The molecule has 1 aliphatic rings. The van der Waals surface area contributed by atoms with E-state index >= 15 is 0 Å². The van der Waals surface area contributed by atoms with Gasteiger partial charge in [-0.25, -0.2) is 9.59 Å². The molecule has 0 bridgehead atoms. The summed E-state index contributed by atoms with van der Waals surface area (Å²) < 4.78 is 0. The largest absolute Gasteiger partial charge is 0.480 e. The van der Waals surface area contributed by atoms with Crippen LogP contribution >= 0.6 is 0 Å². The Hall–Kier alpha value is -1.30. The zero-order valence-corrected chi connectivity index (χ0v) is 11.9. The molecule has 0 saturated heterocycles. The van der Waals surface area contributed by atoms with Crippen LogP contribution in [0.25, 0.3) is 0 Å². The smallest absolute Gasteiger partial charge is 0.326 e. The van der Waals surface area contributed by atoms with Gasteiger partial charge in [0.1, 0.15) is 6.04 Å². The van der Waals surface area contributed by atoms with Crippen LogP contribution in [0, 0.1) is 0 Å². The van der Waals surface area contributed by atoms with Crippen molar-refractivity contribution in [3.05, 3.63) is 0 Å². The minimum atomic E-state index is -1.00. The lowest BCUT2D eigenvalue weighted by Crippen LogP contribution is -2.53. The van der Waals surface area contributed by atoms with Crippen molar-refractivity contribution in [3.63, 3.8) is 0 Å². The molecular formula is C13H24N2O4. The minimum absolute atomic E-state index is 0.213. The molecule has 1 rings (SSSR count). The maximum Gasteiger partial charge on any atom is 0.326 e. The van der Waals surface area contributed by atoms with Crippen molar-refractivity contribution >= 4 is 12.0 Å². The van der Waals surface area contributed by atoms with Crippen LogP contribution in [0.1, 0.15) is 39.0 Å². The zero-order chi connectivity index (χ0) is 14.6. The predicted octanol–water partition coefficient (Wildman–Crippen LogP) is 1.14. The Labute approximate surface area is 114 Å².